The Balaban J connectivity index is 1.51. The van der Waals surface area contributed by atoms with Crippen molar-refractivity contribution in [2.45, 2.75) is 50.5 Å². The summed E-state index contributed by atoms with van der Waals surface area (Å²) in [5.41, 5.74) is 1.29. The standard InChI is InChI=1S/C20H29ClN2O2/c21-18-7-4-17(5-8-18)6-9-19(24)22-16-20(10-2-1-3-11-20)23-12-14-25-15-13-23/h4-5,7-8H,1-3,6,9-16H2,(H,22,24). The van der Waals surface area contributed by atoms with Crippen LogP contribution in [-0.4, -0.2) is 49.2 Å². The van der Waals surface area contributed by atoms with Gasteiger partial charge in [-0.3, -0.25) is 9.69 Å². The van der Waals surface area contributed by atoms with Crippen LogP contribution < -0.4 is 5.32 Å². The van der Waals surface area contributed by atoms with Gasteiger partial charge in [0.15, 0.2) is 0 Å². The predicted molar refractivity (Wildman–Crippen MR) is 101 cm³/mol. The first kappa shape index (κ1) is 18.7. The van der Waals surface area contributed by atoms with Gasteiger partial charge in [-0.05, 0) is 37.0 Å². The second-order valence-corrected chi connectivity index (χ2v) is 7.72. The Hall–Kier alpha value is -1.10. The predicted octanol–water partition coefficient (Wildman–Crippen LogP) is 3.42. The zero-order valence-corrected chi connectivity index (χ0v) is 15.7. The Kier molecular flexibility index (Phi) is 6.74. The third-order valence-corrected chi connectivity index (χ3v) is 5.89. The van der Waals surface area contributed by atoms with Gasteiger partial charge in [0.25, 0.3) is 0 Å². The molecule has 1 aromatic rings. The van der Waals surface area contributed by atoms with Crippen molar-refractivity contribution in [1.82, 2.24) is 10.2 Å². The number of morpholine rings is 1. The molecule has 3 rings (SSSR count). The summed E-state index contributed by atoms with van der Waals surface area (Å²) in [5.74, 6) is 0.146. The minimum atomic E-state index is 0.137. The number of hydrogen-bond donors (Lipinski definition) is 1. The lowest BCUT2D eigenvalue weighted by Crippen LogP contribution is -2.59. The highest BCUT2D eigenvalue weighted by atomic mass is 35.5. The van der Waals surface area contributed by atoms with Crippen molar-refractivity contribution in [2.75, 3.05) is 32.8 Å². The molecule has 2 fully saturated rings. The summed E-state index contributed by atoms with van der Waals surface area (Å²) in [6, 6.07) is 7.74. The molecule has 1 aliphatic heterocycles. The number of halogens is 1. The second-order valence-electron chi connectivity index (χ2n) is 7.29. The first-order valence-corrected chi connectivity index (χ1v) is 9.90. The van der Waals surface area contributed by atoms with Crippen molar-refractivity contribution >= 4 is 17.5 Å². The smallest absolute Gasteiger partial charge is 0.220 e. The van der Waals surface area contributed by atoms with Crippen LogP contribution in [0.1, 0.15) is 44.1 Å². The molecule has 1 heterocycles. The van der Waals surface area contributed by atoms with E-state index < -0.39 is 0 Å². The van der Waals surface area contributed by atoms with Crippen molar-refractivity contribution in [3.63, 3.8) is 0 Å². The number of nitrogens with one attached hydrogen (secondary N) is 1. The quantitative estimate of drug-likeness (QED) is 0.840. The van der Waals surface area contributed by atoms with Crippen LogP contribution in [-0.2, 0) is 16.0 Å². The molecule has 1 saturated carbocycles. The number of hydrogen-bond acceptors (Lipinski definition) is 3. The van der Waals surface area contributed by atoms with Gasteiger partial charge in [-0.2, -0.15) is 0 Å². The van der Waals surface area contributed by atoms with E-state index in [-0.39, 0.29) is 11.4 Å². The van der Waals surface area contributed by atoms with Crippen molar-refractivity contribution < 1.29 is 9.53 Å². The van der Waals surface area contributed by atoms with E-state index >= 15 is 0 Å². The van der Waals surface area contributed by atoms with E-state index in [0.29, 0.717) is 6.42 Å². The lowest BCUT2D eigenvalue weighted by atomic mass is 9.79. The highest BCUT2D eigenvalue weighted by Crippen LogP contribution is 2.33. The Labute approximate surface area is 155 Å². The normalized spacial score (nSPS) is 21.0. The molecule has 0 aromatic heterocycles. The second kappa shape index (κ2) is 9.02. The molecule has 25 heavy (non-hydrogen) atoms. The number of nitrogens with zero attached hydrogens (tertiary/aromatic N) is 1. The zero-order chi connectivity index (χ0) is 17.5. The number of aryl methyl sites for hydroxylation is 1. The van der Waals surface area contributed by atoms with Gasteiger partial charge in [-0.25, -0.2) is 0 Å². The van der Waals surface area contributed by atoms with Gasteiger partial charge in [-0.1, -0.05) is 43.0 Å². The average Bonchev–Trinajstić information content (AvgIpc) is 2.67. The van der Waals surface area contributed by atoms with E-state index in [0.717, 1.165) is 49.9 Å². The molecule has 1 aliphatic carbocycles. The molecule has 1 amide bonds. The molecule has 0 radical (unpaired) electrons. The third-order valence-electron chi connectivity index (χ3n) is 5.63. The summed E-state index contributed by atoms with van der Waals surface area (Å²) in [6.07, 6.45) is 7.50. The fourth-order valence-corrected chi connectivity index (χ4v) is 4.24. The molecule has 0 unspecified atom stereocenters. The third kappa shape index (κ3) is 5.19. The van der Waals surface area contributed by atoms with Crippen LogP contribution in [0.25, 0.3) is 0 Å². The minimum Gasteiger partial charge on any atom is -0.379 e. The van der Waals surface area contributed by atoms with Gasteiger partial charge in [0, 0.05) is 36.6 Å². The number of carbonyl (C=O) groups excluding carboxylic acids is 1. The Morgan fingerprint density at radius 3 is 2.48 bits per heavy atom. The van der Waals surface area contributed by atoms with Crippen LogP contribution in [0.3, 0.4) is 0 Å². The molecule has 2 aliphatic rings. The largest absolute Gasteiger partial charge is 0.379 e. The van der Waals surface area contributed by atoms with E-state index in [2.05, 4.69) is 10.2 Å². The fraction of sp³-hybridized carbons (Fsp3) is 0.650. The number of benzene rings is 1. The molecule has 0 atom stereocenters. The van der Waals surface area contributed by atoms with Crippen LogP contribution in [0, 0.1) is 0 Å². The molecule has 4 nitrogen and oxygen atoms in total. The molecule has 5 heteroatoms. The van der Waals surface area contributed by atoms with Gasteiger partial charge in [0.05, 0.1) is 13.2 Å². The van der Waals surface area contributed by atoms with Crippen LogP contribution in [0.2, 0.25) is 5.02 Å². The summed E-state index contributed by atoms with van der Waals surface area (Å²) in [6.45, 7) is 4.37. The molecular weight excluding hydrogens is 336 g/mol. The maximum Gasteiger partial charge on any atom is 0.220 e. The lowest BCUT2D eigenvalue weighted by Gasteiger charge is -2.48. The summed E-state index contributed by atoms with van der Waals surface area (Å²) in [5, 5.41) is 3.96. The first-order valence-electron chi connectivity index (χ1n) is 9.52. The van der Waals surface area contributed by atoms with E-state index in [1.54, 1.807) is 0 Å². The number of amides is 1. The van der Waals surface area contributed by atoms with Gasteiger partial charge < -0.3 is 10.1 Å². The minimum absolute atomic E-state index is 0.137. The SMILES string of the molecule is O=C(CCc1ccc(Cl)cc1)NCC1(N2CCOCC2)CCCCC1. The van der Waals surface area contributed by atoms with Gasteiger partial charge in [-0.15, -0.1) is 0 Å². The van der Waals surface area contributed by atoms with Crippen LogP contribution in [0.5, 0.6) is 0 Å². The number of carbonyl (C=O) groups is 1. The van der Waals surface area contributed by atoms with Crippen molar-refractivity contribution in [1.29, 1.82) is 0 Å². The van der Waals surface area contributed by atoms with Gasteiger partial charge in [0.2, 0.25) is 5.91 Å². The van der Waals surface area contributed by atoms with E-state index in [1.165, 1.54) is 32.1 Å². The highest BCUT2D eigenvalue weighted by Gasteiger charge is 2.38. The molecule has 0 bridgehead atoms. The summed E-state index contributed by atoms with van der Waals surface area (Å²) >= 11 is 5.91. The Morgan fingerprint density at radius 2 is 1.80 bits per heavy atom. The lowest BCUT2D eigenvalue weighted by molar-refractivity contribution is -0.122. The van der Waals surface area contributed by atoms with Crippen LogP contribution >= 0.6 is 11.6 Å². The van der Waals surface area contributed by atoms with Crippen LogP contribution in [0.15, 0.2) is 24.3 Å². The topological polar surface area (TPSA) is 41.6 Å². The number of rotatable bonds is 6. The maximum atomic E-state index is 12.4. The number of ether oxygens (including phenoxy) is 1. The van der Waals surface area contributed by atoms with E-state index in [4.69, 9.17) is 16.3 Å². The maximum absolute atomic E-state index is 12.4. The molecule has 1 aromatic carbocycles. The Morgan fingerprint density at radius 1 is 1.12 bits per heavy atom. The molecular formula is C20H29ClN2O2. The van der Waals surface area contributed by atoms with Crippen molar-refractivity contribution in [3.05, 3.63) is 34.9 Å². The molecule has 0 spiro atoms. The van der Waals surface area contributed by atoms with Gasteiger partial charge >= 0.3 is 0 Å². The summed E-state index contributed by atoms with van der Waals surface area (Å²) < 4.78 is 5.52. The summed E-state index contributed by atoms with van der Waals surface area (Å²) in [4.78, 5) is 14.9. The zero-order valence-electron chi connectivity index (χ0n) is 14.9. The molecule has 1 saturated heterocycles. The molecule has 1 N–H and O–H groups in total. The van der Waals surface area contributed by atoms with Crippen LogP contribution in [0.4, 0.5) is 0 Å². The van der Waals surface area contributed by atoms with Crippen molar-refractivity contribution in [2.24, 2.45) is 0 Å². The monoisotopic (exact) mass is 364 g/mol. The first-order chi connectivity index (χ1) is 12.2. The van der Waals surface area contributed by atoms with E-state index in [9.17, 15) is 4.79 Å². The Bertz CT molecular complexity index is 549. The average molecular weight is 365 g/mol. The van der Waals surface area contributed by atoms with E-state index in [1.807, 2.05) is 24.3 Å². The van der Waals surface area contributed by atoms with Gasteiger partial charge in [0.1, 0.15) is 0 Å². The molecule has 138 valence electrons. The fourth-order valence-electron chi connectivity index (χ4n) is 4.11. The van der Waals surface area contributed by atoms with Crippen molar-refractivity contribution in [3.8, 4) is 0 Å². The highest BCUT2D eigenvalue weighted by molar-refractivity contribution is 6.30. The summed E-state index contributed by atoms with van der Waals surface area (Å²) in [7, 11) is 0.